The molecule has 3 aromatic rings. The summed E-state index contributed by atoms with van der Waals surface area (Å²) in [6, 6.07) is 15.3. The SMILES string of the molecule is Cc1cccc(Cc2c(C)nc(C)nc2N2CCN(S(=O)(=O)c3ccc(Br)cc3)CC2)c1. The number of nitrogens with zero attached hydrogens (tertiary/aromatic N) is 4. The molecule has 1 fully saturated rings. The average molecular weight is 515 g/mol. The van der Waals surface area contributed by atoms with Gasteiger partial charge in [-0.1, -0.05) is 45.8 Å². The van der Waals surface area contributed by atoms with Crippen molar-refractivity contribution in [1.29, 1.82) is 0 Å². The monoisotopic (exact) mass is 514 g/mol. The van der Waals surface area contributed by atoms with Crippen molar-refractivity contribution in [2.75, 3.05) is 31.1 Å². The summed E-state index contributed by atoms with van der Waals surface area (Å²) in [6.45, 7) is 8.04. The summed E-state index contributed by atoms with van der Waals surface area (Å²) in [6.07, 6.45) is 0.751. The first-order valence-electron chi connectivity index (χ1n) is 10.6. The Morgan fingerprint density at radius 3 is 2.28 bits per heavy atom. The zero-order valence-corrected chi connectivity index (χ0v) is 20.9. The van der Waals surface area contributed by atoms with Crippen molar-refractivity contribution < 1.29 is 8.42 Å². The second-order valence-electron chi connectivity index (χ2n) is 8.17. The number of anilines is 1. The van der Waals surface area contributed by atoms with Gasteiger partial charge in [0.2, 0.25) is 10.0 Å². The lowest BCUT2D eigenvalue weighted by Crippen LogP contribution is -2.49. The third-order valence-corrected chi connectivity index (χ3v) is 8.20. The third-order valence-electron chi connectivity index (χ3n) is 5.76. The van der Waals surface area contributed by atoms with Crippen LogP contribution in [0.5, 0.6) is 0 Å². The molecule has 2 heterocycles. The maximum absolute atomic E-state index is 13.1. The largest absolute Gasteiger partial charge is 0.354 e. The second kappa shape index (κ2) is 9.29. The van der Waals surface area contributed by atoms with Gasteiger partial charge in [0.1, 0.15) is 11.6 Å². The Labute approximate surface area is 198 Å². The molecule has 8 heteroatoms. The number of sulfonamides is 1. The van der Waals surface area contributed by atoms with Gasteiger partial charge in [0.05, 0.1) is 4.90 Å². The number of piperazine rings is 1. The fourth-order valence-corrected chi connectivity index (χ4v) is 5.79. The van der Waals surface area contributed by atoms with E-state index in [1.54, 1.807) is 28.6 Å². The Bertz CT molecular complexity index is 1220. The van der Waals surface area contributed by atoms with Crippen LogP contribution in [-0.4, -0.2) is 48.9 Å². The first-order valence-corrected chi connectivity index (χ1v) is 12.9. The van der Waals surface area contributed by atoms with E-state index in [0.29, 0.717) is 31.1 Å². The van der Waals surface area contributed by atoms with E-state index < -0.39 is 10.0 Å². The minimum absolute atomic E-state index is 0.322. The highest BCUT2D eigenvalue weighted by molar-refractivity contribution is 9.10. The van der Waals surface area contributed by atoms with Gasteiger partial charge in [-0.05, 0) is 50.6 Å². The molecule has 1 aromatic heterocycles. The number of aryl methyl sites for hydroxylation is 3. The molecule has 6 nitrogen and oxygen atoms in total. The van der Waals surface area contributed by atoms with Gasteiger partial charge < -0.3 is 4.90 Å². The van der Waals surface area contributed by atoms with Gasteiger partial charge in [-0.15, -0.1) is 0 Å². The summed E-state index contributed by atoms with van der Waals surface area (Å²) in [7, 11) is -3.51. The Morgan fingerprint density at radius 1 is 0.938 bits per heavy atom. The molecule has 2 aromatic carbocycles. The highest BCUT2D eigenvalue weighted by Crippen LogP contribution is 2.27. The van der Waals surface area contributed by atoms with Crippen LogP contribution >= 0.6 is 15.9 Å². The first kappa shape index (κ1) is 22.9. The predicted molar refractivity (Wildman–Crippen MR) is 131 cm³/mol. The van der Waals surface area contributed by atoms with Crippen LogP contribution in [0.1, 0.15) is 28.2 Å². The smallest absolute Gasteiger partial charge is 0.243 e. The van der Waals surface area contributed by atoms with Crippen molar-refractivity contribution in [2.24, 2.45) is 0 Å². The van der Waals surface area contributed by atoms with E-state index in [1.165, 1.54) is 11.1 Å². The minimum atomic E-state index is -3.51. The molecule has 0 spiro atoms. The maximum atomic E-state index is 13.1. The fourth-order valence-electron chi connectivity index (χ4n) is 4.11. The van der Waals surface area contributed by atoms with E-state index in [9.17, 15) is 8.42 Å². The van der Waals surface area contributed by atoms with Gasteiger partial charge in [-0.2, -0.15) is 4.31 Å². The molecule has 4 rings (SSSR count). The van der Waals surface area contributed by atoms with Crippen LogP contribution in [0.4, 0.5) is 5.82 Å². The molecule has 0 aliphatic carbocycles. The highest BCUT2D eigenvalue weighted by Gasteiger charge is 2.30. The van der Waals surface area contributed by atoms with E-state index >= 15 is 0 Å². The van der Waals surface area contributed by atoms with Gasteiger partial charge in [0.25, 0.3) is 0 Å². The Balaban J connectivity index is 1.56. The summed E-state index contributed by atoms with van der Waals surface area (Å²) in [4.78, 5) is 11.9. The number of benzene rings is 2. The quantitative estimate of drug-likeness (QED) is 0.508. The number of aromatic nitrogens is 2. The number of hydrogen-bond acceptors (Lipinski definition) is 5. The lowest BCUT2D eigenvalue weighted by Gasteiger charge is -2.36. The Morgan fingerprint density at radius 2 is 1.62 bits per heavy atom. The highest BCUT2D eigenvalue weighted by atomic mass is 79.9. The molecule has 0 amide bonds. The molecule has 32 heavy (non-hydrogen) atoms. The van der Waals surface area contributed by atoms with Crippen LogP contribution in [0.3, 0.4) is 0 Å². The second-order valence-corrected chi connectivity index (χ2v) is 11.0. The van der Waals surface area contributed by atoms with Crippen molar-refractivity contribution in [3.8, 4) is 0 Å². The molecule has 0 saturated carbocycles. The molecular formula is C24H27BrN4O2S. The summed E-state index contributed by atoms with van der Waals surface area (Å²) in [5, 5.41) is 0. The topological polar surface area (TPSA) is 66.4 Å². The van der Waals surface area contributed by atoms with Crippen LogP contribution in [-0.2, 0) is 16.4 Å². The molecule has 168 valence electrons. The maximum Gasteiger partial charge on any atom is 0.243 e. The normalized spacial score (nSPS) is 15.2. The molecule has 0 bridgehead atoms. The van der Waals surface area contributed by atoms with Crippen LogP contribution in [0.2, 0.25) is 0 Å². The molecule has 1 saturated heterocycles. The fraction of sp³-hybridized carbons (Fsp3) is 0.333. The minimum Gasteiger partial charge on any atom is -0.354 e. The Kier molecular flexibility index (Phi) is 6.65. The van der Waals surface area contributed by atoms with Crippen molar-refractivity contribution >= 4 is 31.8 Å². The van der Waals surface area contributed by atoms with Crippen molar-refractivity contribution in [2.45, 2.75) is 32.1 Å². The van der Waals surface area contributed by atoms with Crippen molar-refractivity contribution in [1.82, 2.24) is 14.3 Å². The molecule has 1 aliphatic rings. The van der Waals surface area contributed by atoms with Crippen molar-refractivity contribution in [3.05, 3.63) is 81.2 Å². The zero-order chi connectivity index (χ0) is 22.9. The van der Waals surface area contributed by atoms with Crippen LogP contribution in [0.15, 0.2) is 57.9 Å². The van der Waals surface area contributed by atoms with Gasteiger partial charge in [-0.25, -0.2) is 18.4 Å². The van der Waals surface area contributed by atoms with Gasteiger partial charge in [0, 0.05) is 48.3 Å². The number of hydrogen-bond donors (Lipinski definition) is 0. The van der Waals surface area contributed by atoms with Crippen molar-refractivity contribution in [3.63, 3.8) is 0 Å². The van der Waals surface area contributed by atoms with Gasteiger partial charge in [0.15, 0.2) is 0 Å². The predicted octanol–water partition coefficient (Wildman–Crippen LogP) is 4.27. The standard InChI is InChI=1S/C24H27BrN4O2S/c1-17-5-4-6-20(15-17)16-23-18(2)26-19(3)27-24(23)28-11-13-29(14-12-28)32(30,31)22-9-7-21(25)8-10-22/h4-10,15H,11-14,16H2,1-3H3. The average Bonchev–Trinajstić information content (AvgIpc) is 2.76. The lowest BCUT2D eigenvalue weighted by atomic mass is 10.0. The molecule has 0 radical (unpaired) electrons. The van der Waals surface area contributed by atoms with E-state index in [0.717, 1.165) is 33.8 Å². The Hall–Kier alpha value is -2.29. The van der Waals surface area contributed by atoms with E-state index in [1.807, 2.05) is 13.8 Å². The van der Waals surface area contributed by atoms with Gasteiger partial charge >= 0.3 is 0 Å². The number of halogens is 1. The summed E-state index contributed by atoms with van der Waals surface area (Å²) < 4.78 is 28.5. The van der Waals surface area contributed by atoms with Crippen LogP contribution in [0.25, 0.3) is 0 Å². The zero-order valence-electron chi connectivity index (χ0n) is 18.5. The van der Waals surface area contributed by atoms with Gasteiger partial charge in [-0.3, -0.25) is 0 Å². The van der Waals surface area contributed by atoms with Crippen LogP contribution < -0.4 is 4.90 Å². The molecule has 0 atom stereocenters. The third kappa shape index (κ3) is 4.87. The van der Waals surface area contributed by atoms with E-state index in [4.69, 9.17) is 4.98 Å². The summed E-state index contributed by atoms with van der Waals surface area (Å²) in [5.74, 6) is 1.65. The lowest BCUT2D eigenvalue weighted by molar-refractivity contribution is 0.383. The first-order chi connectivity index (χ1) is 15.2. The molecular weight excluding hydrogens is 488 g/mol. The summed E-state index contributed by atoms with van der Waals surface area (Å²) >= 11 is 3.36. The molecule has 0 unspecified atom stereocenters. The molecule has 1 aliphatic heterocycles. The molecule has 0 N–H and O–H groups in total. The van der Waals surface area contributed by atoms with E-state index in [-0.39, 0.29) is 0 Å². The summed E-state index contributed by atoms with van der Waals surface area (Å²) in [5.41, 5.74) is 4.52. The van der Waals surface area contributed by atoms with Crippen LogP contribution in [0, 0.1) is 20.8 Å². The van der Waals surface area contributed by atoms with E-state index in [2.05, 4.69) is 57.0 Å². The number of rotatable bonds is 5.